The fourth-order valence-electron chi connectivity index (χ4n) is 2.48. The highest BCUT2D eigenvalue weighted by Crippen LogP contribution is 2.42. The van der Waals surface area contributed by atoms with E-state index in [1.807, 2.05) is 0 Å². The van der Waals surface area contributed by atoms with Crippen LogP contribution >= 0.6 is 0 Å². The van der Waals surface area contributed by atoms with Crippen LogP contribution in [0.4, 0.5) is 0 Å². The number of carbonyl (C=O) groups excluding carboxylic acids is 1. The molecule has 3 nitrogen and oxygen atoms in total. The normalized spacial score (nSPS) is 28.0. The molecule has 0 aliphatic heterocycles. The molecule has 16 heavy (non-hydrogen) atoms. The Morgan fingerprint density at radius 3 is 2.81 bits per heavy atom. The van der Waals surface area contributed by atoms with Crippen LogP contribution in [0.15, 0.2) is 11.6 Å². The third-order valence-electron chi connectivity index (χ3n) is 3.63. The highest BCUT2D eigenvalue weighted by atomic mass is 16.4. The Balaban J connectivity index is 1.56. The summed E-state index contributed by atoms with van der Waals surface area (Å²) in [6.07, 6.45) is 8.51. The van der Waals surface area contributed by atoms with Crippen LogP contribution in [0.2, 0.25) is 0 Å². The van der Waals surface area contributed by atoms with Gasteiger partial charge in [-0.15, -0.1) is 0 Å². The molecule has 0 aromatic heterocycles. The summed E-state index contributed by atoms with van der Waals surface area (Å²) in [6, 6.07) is 0. The summed E-state index contributed by atoms with van der Waals surface area (Å²) in [5, 5.41) is 8.73. The third kappa shape index (κ3) is 2.71. The molecule has 0 aromatic rings. The molecule has 2 aliphatic carbocycles. The minimum Gasteiger partial charge on any atom is -0.481 e. The smallest absolute Gasteiger partial charge is 0.306 e. The van der Waals surface area contributed by atoms with Crippen molar-refractivity contribution in [2.75, 3.05) is 0 Å². The van der Waals surface area contributed by atoms with Crippen molar-refractivity contribution in [2.45, 2.75) is 44.9 Å². The number of rotatable bonds is 6. The lowest BCUT2D eigenvalue weighted by molar-refractivity contribution is -0.138. The van der Waals surface area contributed by atoms with Crippen molar-refractivity contribution in [1.82, 2.24) is 0 Å². The number of unbranched alkanes of at least 4 members (excludes halogenated alkanes) is 1. The Labute approximate surface area is 95.5 Å². The second-order valence-corrected chi connectivity index (χ2v) is 4.88. The van der Waals surface area contributed by atoms with Crippen LogP contribution in [0, 0.1) is 11.8 Å². The molecule has 1 saturated carbocycles. The van der Waals surface area contributed by atoms with Crippen molar-refractivity contribution in [3.05, 3.63) is 11.6 Å². The van der Waals surface area contributed by atoms with Crippen molar-refractivity contribution < 1.29 is 14.7 Å². The van der Waals surface area contributed by atoms with Crippen molar-refractivity contribution in [3.8, 4) is 0 Å². The van der Waals surface area contributed by atoms with E-state index in [9.17, 15) is 9.59 Å². The Morgan fingerprint density at radius 2 is 2.25 bits per heavy atom. The van der Waals surface area contributed by atoms with Crippen LogP contribution in [-0.4, -0.2) is 16.9 Å². The first-order valence-electron chi connectivity index (χ1n) is 6.13. The van der Waals surface area contributed by atoms with Gasteiger partial charge in [0.25, 0.3) is 0 Å². The Bertz CT molecular complexity index is 330. The summed E-state index contributed by atoms with van der Waals surface area (Å²) < 4.78 is 0. The first kappa shape index (κ1) is 11.4. The molecule has 0 aromatic carbocycles. The summed E-state index contributed by atoms with van der Waals surface area (Å²) in [6.45, 7) is 0. The Morgan fingerprint density at radius 1 is 1.44 bits per heavy atom. The minimum absolute atomic E-state index is 0.0765. The maximum Gasteiger partial charge on any atom is 0.306 e. The second kappa shape index (κ2) is 4.81. The topological polar surface area (TPSA) is 54.4 Å². The van der Waals surface area contributed by atoms with E-state index in [1.54, 1.807) is 0 Å². The van der Waals surface area contributed by atoms with Gasteiger partial charge in [0, 0.05) is 6.42 Å². The number of Topliss-reactive ketones (excluding diaryl/α,β-unsaturated/α-hetero) is 1. The lowest BCUT2D eigenvalue weighted by atomic mass is 10.0. The number of hydrogen-bond acceptors (Lipinski definition) is 2. The lowest BCUT2D eigenvalue weighted by Crippen LogP contribution is -1.99. The van der Waals surface area contributed by atoms with E-state index in [4.69, 9.17) is 5.11 Å². The highest BCUT2D eigenvalue weighted by molar-refractivity contribution is 5.97. The van der Waals surface area contributed by atoms with Crippen LogP contribution in [0.25, 0.3) is 0 Å². The molecule has 2 atom stereocenters. The zero-order valence-corrected chi connectivity index (χ0v) is 9.45. The molecule has 3 heteroatoms. The van der Waals surface area contributed by atoms with Crippen molar-refractivity contribution in [1.29, 1.82) is 0 Å². The molecule has 0 amide bonds. The molecule has 1 N–H and O–H groups in total. The van der Waals surface area contributed by atoms with E-state index in [1.165, 1.54) is 0 Å². The quantitative estimate of drug-likeness (QED) is 0.703. The minimum atomic E-state index is -0.640. The summed E-state index contributed by atoms with van der Waals surface area (Å²) in [5.41, 5.74) is 1.01. The van der Waals surface area contributed by atoms with Crippen molar-refractivity contribution >= 4 is 11.8 Å². The molecule has 0 radical (unpaired) electrons. The largest absolute Gasteiger partial charge is 0.481 e. The van der Waals surface area contributed by atoms with Crippen LogP contribution in [-0.2, 0) is 9.59 Å². The lowest BCUT2D eigenvalue weighted by Gasteiger charge is -2.01. The number of hydrogen-bond donors (Lipinski definition) is 1. The molecule has 0 heterocycles. The SMILES string of the molecule is O=C1CCC=C1CCCCC1CC1C(=O)O. The fraction of sp³-hybridized carbons (Fsp3) is 0.692. The zero-order chi connectivity index (χ0) is 11.5. The number of allylic oxidation sites excluding steroid dienone is 2. The van der Waals surface area contributed by atoms with E-state index < -0.39 is 5.97 Å². The van der Waals surface area contributed by atoms with Gasteiger partial charge >= 0.3 is 5.97 Å². The van der Waals surface area contributed by atoms with E-state index >= 15 is 0 Å². The van der Waals surface area contributed by atoms with Gasteiger partial charge in [0.2, 0.25) is 0 Å². The summed E-state index contributed by atoms with van der Waals surface area (Å²) >= 11 is 0. The zero-order valence-electron chi connectivity index (χ0n) is 9.45. The molecule has 0 saturated heterocycles. The molecule has 0 bridgehead atoms. The van der Waals surface area contributed by atoms with Crippen molar-refractivity contribution in [2.24, 2.45) is 11.8 Å². The van der Waals surface area contributed by atoms with Gasteiger partial charge in [-0.1, -0.05) is 12.5 Å². The number of carboxylic acid groups (broad SMARTS) is 1. The Hall–Kier alpha value is -1.12. The molecule has 2 rings (SSSR count). The monoisotopic (exact) mass is 222 g/mol. The molecule has 1 fully saturated rings. The van der Waals surface area contributed by atoms with Gasteiger partial charge in [0.15, 0.2) is 5.78 Å². The second-order valence-electron chi connectivity index (χ2n) is 4.88. The van der Waals surface area contributed by atoms with Gasteiger partial charge in [-0.3, -0.25) is 9.59 Å². The number of ketones is 1. The molecule has 88 valence electrons. The van der Waals surface area contributed by atoms with E-state index in [0.717, 1.165) is 44.1 Å². The first-order valence-corrected chi connectivity index (χ1v) is 6.13. The molecule has 0 spiro atoms. The standard InChI is InChI=1S/C13H18O3/c14-12-7-3-6-9(12)4-1-2-5-10-8-11(10)13(15)16/h6,10-11H,1-5,7-8H2,(H,15,16). The predicted molar refractivity (Wildman–Crippen MR) is 60.0 cm³/mol. The van der Waals surface area contributed by atoms with Gasteiger partial charge < -0.3 is 5.11 Å². The maximum absolute atomic E-state index is 11.3. The van der Waals surface area contributed by atoms with Gasteiger partial charge in [0.1, 0.15) is 0 Å². The average Bonchev–Trinajstić information content (AvgIpc) is 2.91. The van der Waals surface area contributed by atoms with Crippen LogP contribution in [0.1, 0.15) is 44.9 Å². The van der Waals surface area contributed by atoms with Crippen LogP contribution in [0.5, 0.6) is 0 Å². The maximum atomic E-state index is 11.3. The van der Waals surface area contributed by atoms with Crippen LogP contribution < -0.4 is 0 Å². The highest BCUT2D eigenvalue weighted by Gasteiger charge is 2.42. The third-order valence-corrected chi connectivity index (χ3v) is 3.63. The van der Waals surface area contributed by atoms with E-state index in [-0.39, 0.29) is 5.92 Å². The number of aliphatic carboxylic acids is 1. The summed E-state index contributed by atoms with van der Waals surface area (Å²) in [5.74, 6) is 0.00611. The van der Waals surface area contributed by atoms with Crippen LogP contribution in [0.3, 0.4) is 0 Å². The average molecular weight is 222 g/mol. The number of carbonyl (C=O) groups is 2. The molecule has 2 unspecified atom stereocenters. The van der Waals surface area contributed by atoms with Gasteiger partial charge in [0.05, 0.1) is 5.92 Å². The predicted octanol–water partition coefficient (Wildman–Crippen LogP) is 2.56. The van der Waals surface area contributed by atoms with Crippen molar-refractivity contribution in [3.63, 3.8) is 0 Å². The van der Waals surface area contributed by atoms with E-state index in [0.29, 0.717) is 18.1 Å². The van der Waals surface area contributed by atoms with Gasteiger partial charge in [-0.05, 0) is 43.6 Å². The van der Waals surface area contributed by atoms with Gasteiger partial charge in [-0.25, -0.2) is 0 Å². The Kier molecular flexibility index (Phi) is 3.42. The summed E-state index contributed by atoms with van der Waals surface area (Å²) in [4.78, 5) is 21.9. The fourth-order valence-corrected chi connectivity index (χ4v) is 2.48. The first-order chi connectivity index (χ1) is 7.68. The number of carboxylic acids is 1. The molecule has 2 aliphatic rings. The van der Waals surface area contributed by atoms with E-state index in [2.05, 4.69) is 6.08 Å². The molecular formula is C13H18O3. The summed E-state index contributed by atoms with van der Waals surface area (Å²) in [7, 11) is 0. The molecular weight excluding hydrogens is 204 g/mol. The van der Waals surface area contributed by atoms with Gasteiger partial charge in [-0.2, -0.15) is 0 Å².